The lowest BCUT2D eigenvalue weighted by atomic mass is 9.99. The minimum atomic E-state index is -1.62. The van der Waals surface area contributed by atoms with Crippen molar-refractivity contribution < 1.29 is 89.7 Å². The van der Waals surface area contributed by atoms with Crippen LogP contribution in [0.3, 0.4) is 0 Å². The van der Waals surface area contributed by atoms with Crippen LogP contribution in [-0.2, 0) is 48.2 Å². The number of fused-ring (bicyclic) bond motifs is 8. The Kier molecular flexibility index (Phi) is 19.3. The van der Waals surface area contributed by atoms with Crippen LogP contribution in [0.4, 0.5) is 0 Å². The molecule has 4 aromatic carbocycles. The van der Waals surface area contributed by atoms with Crippen LogP contribution in [0.15, 0.2) is 146 Å². The molecule has 0 saturated carbocycles. The number of aromatic nitrogens is 13. The van der Waals surface area contributed by atoms with E-state index in [1.165, 1.54) is 0 Å². The van der Waals surface area contributed by atoms with Gasteiger partial charge in [-0.1, -0.05) is 82.4 Å². The second-order valence-electron chi connectivity index (χ2n) is 25.0. The molecule has 5 aliphatic rings. The molecule has 6 aromatic heterocycles. The molecule has 102 heavy (non-hydrogen) atoms. The summed E-state index contributed by atoms with van der Waals surface area (Å²) >= 11 is 0. The van der Waals surface area contributed by atoms with Crippen molar-refractivity contribution in [1.82, 2.24) is 64.9 Å². The number of aliphatic hydroxyl groups is 12. The summed E-state index contributed by atoms with van der Waals surface area (Å²) in [5.74, 6) is 0. The lowest BCUT2D eigenvalue weighted by Crippen LogP contribution is -2.59. The molecule has 14 N–H and O–H groups in total. The van der Waals surface area contributed by atoms with E-state index in [1.54, 1.807) is 32.6 Å². The van der Waals surface area contributed by atoms with Gasteiger partial charge in [0.15, 0.2) is 18.9 Å². The van der Waals surface area contributed by atoms with Crippen molar-refractivity contribution in [3.05, 3.63) is 186 Å². The van der Waals surface area contributed by atoms with Crippen molar-refractivity contribution in [2.75, 3.05) is 19.8 Å². The van der Waals surface area contributed by atoms with E-state index < -0.39 is 112 Å². The van der Waals surface area contributed by atoms with Crippen LogP contribution in [0.1, 0.15) is 39.9 Å². The lowest BCUT2D eigenvalue weighted by Gasteiger charge is -2.39. The highest BCUT2D eigenvalue weighted by atomic mass is 16.7. The molecule has 0 unspecified atom stereocenters. The zero-order chi connectivity index (χ0) is 70.4. The monoisotopic (exact) mass is 1390 g/mol. The number of H-pyrrole nitrogens is 2. The van der Waals surface area contributed by atoms with Gasteiger partial charge in [0.25, 0.3) is 0 Å². The number of hydrogen-bond donors (Lipinski definition) is 14. The van der Waals surface area contributed by atoms with Crippen LogP contribution in [0.5, 0.6) is 0 Å². The molecule has 8 bridgehead atoms. The highest BCUT2D eigenvalue weighted by Gasteiger charge is 2.46. The minimum Gasteiger partial charge on any atom is -0.394 e. The van der Waals surface area contributed by atoms with Gasteiger partial charge in [-0.05, 0) is 107 Å². The average Bonchev–Trinajstić information content (AvgIpc) is 1.60. The van der Waals surface area contributed by atoms with Crippen molar-refractivity contribution in [3.8, 4) is 61.6 Å². The van der Waals surface area contributed by atoms with Crippen molar-refractivity contribution in [2.24, 2.45) is 0 Å². The number of nitrogens with one attached hydrogen (secondary N) is 2. The zero-order valence-corrected chi connectivity index (χ0v) is 53.8. The third-order valence-corrected chi connectivity index (χ3v) is 18.4. The van der Waals surface area contributed by atoms with Crippen molar-refractivity contribution in [3.63, 3.8) is 0 Å². The normalized spacial score (nSPS) is 25.7. The molecule has 3 fully saturated rings. The summed E-state index contributed by atoms with van der Waals surface area (Å²) in [4.78, 5) is 18.5. The zero-order valence-electron chi connectivity index (χ0n) is 53.8. The topological polar surface area (TPSA) is 448 Å². The Morgan fingerprint density at radius 1 is 0.333 bits per heavy atom. The van der Waals surface area contributed by atoms with Crippen molar-refractivity contribution >= 4 is 46.4 Å². The number of aliphatic hydroxyl groups excluding tert-OH is 12. The number of rotatable bonds is 19. The first kappa shape index (κ1) is 68.0. The van der Waals surface area contributed by atoms with Gasteiger partial charge in [-0.3, -0.25) is 0 Å². The number of hydrogen-bond acceptors (Lipinski definition) is 26. The summed E-state index contributed by atoms with van der Waals surface area (Å²) in [5.41, 5.74) is 14.7. The van der Waals surface area contributed by atoms with Gasteiger partial charge in [-0.15, -0.1) is 15.3 Å². The van der Waals surface area contributed by atoms with Crippen LogP contribution in [-0.4, -0.2) is 238 Å². The second-order valence-corrected chi connectivity index (χ2v) is 25.0. The first-order valence-electron chi connectivity index (χ1n) is 32.6. The van der Waals surface area contributed by atoms with E-state index in [-0.39, 0.29) is 19.8 Å². The number of nitrogens with zero attached hydrogens (tertiary/aromatic N) is 11. The van der Waals surface area contributed by atoms with Crippen LogP contribution in [0, 0.1) is 0 Å². The number of ether oxygens (including phenoxy) is 6. The number of aromatic amines is 2. The molecular formula is C71H69N13O18. The largest absolute Gasteiger partial charge is 0.394 e. The predicted molar refractivity (Wildman–Crippen MR) is 361 cm³/mol. The first-order chi connectivity index (χ1) is 49.6. The maximum Gasteiger partial charge on any atom is 0.187 e. The van der Waals surface area contributed by atoms with E-state index in [1.807, 2.05) is 152 Å². The summed E-state index contributed by atoms with van der Waals surface area (Å²) in [6.45, 7) is -2.39. The quantitative estimate of drug-likeness (QED) is 0.0550. The van der Waals surface area contributed by atoms with Crippen LogP contribution >= 0.6 is 0 Å². The van der Waals surface area contributed by atoms with Gasteiger partial charge in [-0.25, -0.2) is 24.0 Å². The highest BCUT2D eigenvalue weighted by Crippen LogP contribution is 2.40. The molecule has 0 radical (unpaired) electrons. The van der Waals surface area contributed by atoms with E-state index in [0.29, 0.717) is 68.0 Å². The van der Waals surface area contributed by atoms with Crippen LogP contribution in [0.25, 0.3) is 108 Å². The standard InChI is InChI=1S/C71H69N13O18/c85-29-53-60(88)63(91)66(94)69(100-53)97-32-39-26-82(79-76-39)42-12-6-36(7-13-42)57-47-20-18-45(72-47)56(35-4-2-1-3-5-35)46-19-21-48(73-46)58(37-8-14-43(15-9-37)83-27-40(77-80-83)33-98-70-67(95)64(92)61(89)54(30-86)101-70)50-23-25-52(75-50)59(51-24-22-49(57)74-51)38-10-16-44(17-11-38)84-28-41(78-81-84)34-99-71-68(96)65(93)62(90)55(31-87)102-71/h1-28,53-55,60-72,75,85-96H,29-34H2/t53-,54-,55-,60-,61-,62-,63+,64+,65+,66-,67-,68-,69-,70-,71-/m1/s1. The molecule has 0 amide bonds. The first-order valence-corrected chi connectivity index (χ1v) is 32.6. The van der Waals surface area contributed by atoms with Crippen LogP contribution in [0.2, 0.25) is 0 Å². The van der Waals surface area contributed by atoms with Crippen molar-refractivity contribution in [1.29, 1.82) is 0 Å². The van der Waals surface area contributed by atoms with Crippen LogP contribution < -0.4 is 0 Å². The second kappa shape index (κ2) is 28.9. The predicted octanol–water partition coefficient (Wildman–Crippen LogP) is 2.02. The van der Waals surface area contributed by atoms with Crippen molar-refractivity contribution in [2.45, 2.75) is 112 Å². The summed E-state index contributed by atoms with van der Waals surface area (Å²) in [7, 11) is 0. The van der Waals surface area contributed by atoms with E-state index in [0.717, 1.165) is 55.5 Å². The Morgan fingerprint density at radius 3 is 0.882 bits per heavy atom. The Morgan fingerprint density at radius 2 is 0.608 bits per heavy atom. The highest BCUT2D eigenvalue weighted by molar-refractivity contribution is 6.00. The van der Waals surface area contributed by atoms with Gasteiger partial charge in [0, 0.05) is 44.3 Å². The fraction of sp³-hybridized carbons (Fsp3) is 0.296. The van der Waals surface area contributed by atoms with E-state index in [4.69, 9.17) is 38.4 Å². The lowest BCUT2D eigenvalue weighted by molar-refractivity contribution is -0.304. The Labute approximate surface area is 577 Å². The molecule has 3 saturated heterocycles. The van der Waals surface area contributed by atoms with E-state index in [2.05, 4.69) is 40.9 Å². The Bertz CT molecular complexity index is 4750. The average molecular weight is 1390 g/mol. The maximum absolute atomic E-state index is 10.6. The van der Waals surface area contributed by atoms with Gasteiger partial charge in [0.1, 0.15) is 90.3 Å². The molecule has 31 heteroatoms. The molecule has 11 heterocycles. The smallest absolute Gasteiger partial charge is 0.187 e. The molecular weight excluding hydrogens is 1320 g/mol. The molecule has 0 spiro atoms. The van der Waals surface area contributed by atoms with Gasteiger partial charge in [-0.2, -0.15) is 0 Å². The molecule has 5 aliphatic heterocycles. The Hall–Kier alpha value is -9.82. The number of benzene rings is 4. The molecule has 15 atom stereocenters. The Balaban J connectivity index is 0.816. The third-order valence-electron chi connectivity index (χ3n) is 18.4. The third kappa shape index (κ3) is 13.3. The molecule has 526 valence electrons. The maximum atomic E-state index is 10.6. The molecule has 10 aromatic rings. The van der Waals surface area contributed by atoms with Gasteiger partial charge in [0.2, 0.25) is 0 Å². The summed E-state index contributed by atoms with van der Waals surface area (Å²) < 4.78 is 38.5. The summed E-state index contributed by atoms with van der Waals surface area (Å²) in [6.07, 6.45) is -8.97. The molecule has 0 aliphatic carbocycles. The van der Waals surface area contributed by atoms with Gasteiger partial charge in [0.05, 0.1) is 98.1 Å². The molecule has 31 nitrogen and oxygen atoms in total. The SMILES string of the molecule is OC[C@H]1O[C@@H](OCc2cn(-c3ccc(-c4c5nc(c(-c6ccc(-n7cc(CO[C@@H]8O[C@H](CO)[C@@H](O)[C@H](O)[C@H]8O)nn7)cc6)c6ccc([nH]6)c(-c6ccc(-n7cc(CO[C@@H]8O[C@H](CO)[C@@H](O)[C@H](O)[C@H]8O)nn7)cc6)c6nc(c(-c7ccccc7)c7ccc4[nH]7)C=C6)C=C5)cc3)nn2)[C@H](O)[C@@H](O)[C@@H]1O. The summed E-state index contributed by atoms with van der Waals surface area (Å²) in [5, 5.41) is 148. The molecule has 15 rings (SSSR count). The van der Waals surface area contributed by atoms with Gasteiger partial charge >= 0.3 is 0 Å². The van der Waals surface area contributed by atoms with E-state index in [9.17, 15) is 61.3 Å². The fourth-order valence-electron chi connectivity index (χ4n) is 13.0. The summed E-state index contributed by atoms with van der Waals surface area (Å²) in [6, 6.07) is 41.0. The van der Waals surface area contributed by atoms with Gasteiger partial charge < -0.3 is 99.7 Å². The fourth-order valence-corrected chi connectivity index (χ4v) is 13.0. The minimum absolute atomic E-state index is 0.184. The van der Waals surface area contributed by atoms with E-state index >= 15 is 0 Å².